The van der Waals surface area contributed by atoms with Crippen LogP contribution in [0.25, 0.3) is 0 Å². The van der Waals surface area contributed by atoms with Crippen LogP contribution in [0.2, 0.25) is 0 Å². The van der Waals surface area contributed by atoms with Crippen LogP contribution in [-0.2, 0) is 0 Å². The van der Waals surface area contributed by atoms with Crippen LogP contribution in [-0.4, -0.2) is 11.9 Å². The van der Waals surface area contributed by atoms with E-state index in [1.807, 2.05) is 32.0 Å². The fraction of sp³-hybridized carbons (Fsp3) is 0.562. The molecule has 19 heavy (non-hydrogen) atoms. The van der Waals surface area contributed by atoms with E-state index in [1.165, 1.54) is 0 Å². The Hall–Kier alpha value is -1.35. The molecule has 0 radical (unpaired) electrons. The van der Waals surface area contributed by atoms with Gasteiger partial charge < -0.3 is 0 Å². The highest BCUT2D eigenvalue weighted by Crippen LogP contribution is 2.21. The van der Waals surface area contributed by atoms with Crippen LogP contribution in [0.3, 0.4) is 0 Å². The first-order valence-electron chi connectivity index (χ1n) is 6.89. The summed E-state index contributed by atoms with van der Waals surface area (Å²) in [6.45, 7) is 12.6. The summed E-state index contributed by atoms with van der Waals surface area (Å²) < 4.78 is 0. The number of amides is 1. The molecule has 0 saturated carbocycles. The molecule has 106 valence electrons. The van der Waals surface area contributed by atoms with E-state index in [9.17, 15) is 4.79 Å². The summed E-state index contributed by atoms with van der Waals surface area (Å²) >= 11 is 0. The third kappa shape index (κ3) is 4.06. The average molecular weight is 262 g/mol. The maximum absolute atomic E-state index is 12.2. The largest absolute Gasteiger partial charge is 0.287 e. The Morgan fingerprint density at radius 3 is 2.42 bits per heavy atom. The minimum atomic E-state index is -0.0658. The first-order valence-corrected chi connectivity index (χ1v) is 6.89. The van der Waals surface area contributed by atoms with Gasteiger partial charge in [-0.15, -0.1) is 0 Å². The minimum absolute atomic E-state index is 0.0658. The first kappa shape index (κ1) is 15.7. The van der Waals surface area contributed by atoms with Gasteiger partial charge in [-0.05, 0) is 42.9 Å². The van der Waals surface area contributed by atoms with Crippen molar-refractivity contribution < 1.29 is 4.79 Å². The molecule has 0 aliphatic heterocycles. The highest BCUT2D eigenvalue weighted by molar-refractivity contribution is 5.95. The minimum Gasteiger partial charge on any atom is -0.287 e. The molecule has 2 N–H and O–H groups in total. The average Bonchev–Trinajstić information content (AvgIpc) is 2.31. The second kappa shape index (κ2) is 6.20. The molecule has 0 aromatic heterocycles. The second-order valence-corrected chi connectivity index (χ2v) is 6.17. The van der Waals surface area contributed by atoms with Crippen LogP contribution in [0.1, 0.15) is 55.6 Å². The van der Waals surface area contributed by atoms with Crippen LogP contribution < -0.4 is 10.9 Å². The summed E-state index contributed by atoms with van der Waals surface area (Å²) in [7, 11) is 0. The Morgan fingerprint density at radius 1 is 1.26 bits per heavy atom. The SMILES string of the molecule is CCC(NNC(=O)c1cccc(C)c1C)C(C)(C)C. The predicted molar refractivity (Wildman–Crippen MR) is 80.1 cm³/mol. The zero-order chi connectivity index (χ0) is 14.6. The van der Waals surface area contributed by atoms with Gasteiger partial charge in [0, 0.05) is 11.6 Å². The van der Waals surface area contributed by atoms with Gasteiger partial charge in [0.15, 0.2) is 0 Å². The Balaban J connectivity index is 2.73. The number of hydrazine groups is 1. The number of nitrogens with one attached hydrogen (secondary N) is 2. The standard InChI is InChI=1S/C16H26N2O/c1-7-14(16(4,5)6)17-18-15(19)13-10-8-9-11(2)12(13)3/h8-10,14,17H,7H2,1-6H3,(H,18,19). The number of carbonyl (C=O) groups excluding carboxylic acids is 1. The van der Waals surface area contributed by atoms with Gasteiger partial charge in [0.2, 0.25) is 0 Å². The summed E-state index contributed by atoms with van der Waals surface area (Å²) in [5.41, 5.74) is 9.01. The Kier molecular flexibility index (Phi) is 5.12. The highest BCUT2D eigenvalue weighted by atomic mass is 16.2. The molecule has 0 aliphatic carbocycles. The van der Waals surface area contributed by atoms with Crippen molar-refractivity contribution in [3.63, 3.8) is 0 Å². The van der Waals surface area contributed by atoms with Crippen LogP contribution >= 0.6 is 0 Å². The van der Waals surface area contributed by atoms with E-state index in [4.69, 9.17) is 0 Å². The van der Waals surface area contributed by atoms with Crippen molar-refractivity contribution in [3.05, 3.63) is 34.9 Å². The van der Waals surface area contributed by atoms with Gasteiger partial charge in [-0.2, -0.15) is 0 Å². The van der Waals surface area contributed by atoms with Crippen molar-refractivity contribution >= 4 is 5.91 Å². The molecule has 0 bridgehead atoms. The van der Waals surface area contributed by atoms with Crippen molar-refractivity contribution in [2.45, 2.75) is 54.0 Å². The molecule has 3 nitrogen and oxygen atoms in total. The zero-order valence-electron chi connectivity index (χ0n) is 12.9. The molecule has 0 heterocycles. The van der Waals surface area contributed by atoms with Gasteiger partial charge in [-0.1, -0.05) is 39.8 Å². The molecule has 0 fully saturated rings. The Labute approximate surface area is 116 Å². The number of rotatable bonds is 4. The molecule has 1 amide bonds. The predicted octanol–water partition coefficient (Wildman–Crippen LogP) is 3.36. The third-order valence-corrected chi connectivity index (χ3v) is 3.66. The van der Waals surface area contributed by atoms with E-state index in [1.54, 1.807) is 0 Å². The van der Waals surface area contributed by atoms with E-state index < -0.39 is 0 Å². The lowest BCUT2D eigenvalue weighted by Crippen LogP contribution is -2.49. The summed E-state index contributed by atoms with van der Waals surface area (Å²) in [4.78, 5) is 12.2. The lowest BCUT2D eigenvalue weighted by Gasteiger charge is -2.30. The molecule has 1 rings (SSSR count). The lowest BCUT2D eigenvalue weighted by molar-refractivity contribution is 0.0905. The maximum atomic E-state index is 12.2. The van der Waals surface area contributed by atoms with E-state index in [0.717, 1.165) is 23.1 Å². The molecule has 0 aliphatic rings. The molecule has 3 heteroatoms. The molecular weight excluding hydrogens is 236 g/mol. The summed E-state index contributed by atoms with van der Waals surface area (Å²) in [5.74, 6) is -0.0658. The summed E-state index contributed by atoms with van der Waals surface area (Å²) in [6.07, 6.45) is 0.969. The molecule has 1 unspecified atom stereocenters. The quantitative estimate of drug-likeness (QED) is 0.817. The topological polar surface area (TPSA) is 41.1 Å². The van der Waals surface area contributed by atoms with E-state index >= 15 is 0 Å². The van der Waals surface area contributed by atoms with Crippen LogP contribution in [0.5, 0.6) is 0 Å². The summed E-state index contributed by atoms with van der Waals surface area (Å²) in [6, 6.07) is 6.04. The van der Waals surface area contributed by atoms with Crippen LogP contribution in [0, 0.1) is 19.3 Å². The smallest absolute Gasteiger partial charge is 0.265 e. The van der Waals surface area contributed by atoms with Crippen molar-refractivity contribution in [1.82, 2.24) is 10.9 Å². The lowest BCUT2D eigenvalue weighted by atomic mass is 9.86. The van der Waals surface area contributed by atoms with Gasteiger partial charge in [-0.25, -0.2) is 5.43 Å². The number of hydrogen-bond acceptors (Lipinski definition) is 2. The van der Waals surface area contributed by atoms with Gasteiger partial charge in [0.1, 0.15) is 0 Å². The van der Waals surface area contributed by atoms with Gasteiger partial charge in [-0.3, -0.25) is 10.2 Å². The van der Waals surface area contributed by atoms with E-state index in [-0.39, 0.29) is 17.4 Å². The number of carbonyl (C=O) groups is 1. The molecule has 0 spiro atoms. The van der Waals surface area contributed by atoms with Gasteiger partial charge >= 0.3 is 0 Å². The summed E-state index contributed by atoms with van der Waals surface area (Å²) in [5, 5.41) is 0. The Morgan fingerprint density at radius 2 is 1.89 bits per heavy atom. The monoisotopic (exact) mass is 262 g/mol. The molecule has 1 atom stereocenters. The molecule has 1 aromatic carbocycles. The fourth-order valence-electron chi connectivity index (χ4n) is 2.15. The molecular formula is C16H26N2O. The number of benzene rings is 1. The molecule has 1 aromatic rings. The maximum Gasteiger partial charge on any atom is 0.265 e. The normalized spacial score (nSPS) is 13.2. The molecule has 0 saturated heterocycles. The van der Waals surface area contributed by atoms with Gasteiger partial charge in [0.05, 0.1) is 0 Å². The van der Waals surface area contributed by atoms with Crippen LogP contribution in [0.4, 0.5) is 0 Å². The third-order valence-electron chi connectivity index (χ3n) is 3.66. The van der Waals surface area contributed by atoms with E-state index in [0.29, 0.717) is 0 Å². The van der Waals surface area contributed by atoms with E-state index in [2.05, 4.69) is 38.5 Å². The number of aryl methyl sites for hydroxylation is 1. The van der Waals surface area contributed by atoms with Crippen molar-refractivity contribution in [3.8, 4) is 0 Å². The van der Waals surface area contributed by atoms with Crippen LogP contribution in [0.15, 0.2) is 18.2 Å². The van der Waals surface area contributed by atoms with Gasteiger partial charge in [0.25, 0.3) is 5.91 Å². The zero-order valence-corrected chi connectivity index (χ0v) is 12.9. The van der Waals surface area contributed by atoms with Crippen molar-refractivity contribution in [2.75, 3.05) is 0 Å². The Bertz CT molecular complexity index is 447. The second-order valence-electron chi connectivity index (χ2n) is 6.17. The highest BCUT2D eigenvalue weighted by Gasteiger charge is 2.23. The van der Waals surface area contributed by atoms with Crippen molar-refractivity contribution in [1.29, 1.82) is 0 Å². The fourth-order valence-corrected chi connectivity index (χ4v) is 2.15. The van der Waals surface area contributed by atoms with Crippen molar-refractivity contribution in [2.24, 2.45) is 5.41 Å². The first-order chi connectivity index (χ1) is 8.77. The number of hydrogen-bond donors (Lipinski definition) is 2.